The molecule has 0 unspecified atom stereocenters. The highest BCUT2D eigenvalue weighted by atomic mass is 35.5. The SMILES string of the molecule is O=C(O[C@@H](C(=O)O)[C@@H](OC(=O)c1ccccc1)C(=O)Nc1ccc(Cl)cc1Cl)c1ccccc1. The van der Waals surface area contributed by atoms with Crippen LogP contribution in [0.2, 0.25) is 10.0 Å². The van der Waals surface area contributed by atoms with Crippen LogP contribution in [-0.4, -0.2) is 41.1 Å². The van der Waals surface area contributed by atoms with Crippen LogP contribution >= 0.6 is 23.2 Å². The molecule has 0 aliphatic heterocycles. The predicted molar refractivity (Wildman–Crippen MR) is 124 cm³/mol. The predicted octanol–water partition coefficient (Wildman–Crippen LogP) is 4.47. The molecule has 0 aliphatic rings. The Hall–Kier alpha value is -3.88. The van der Waals surface area contributed by atoms with Gasteiger partial charge in [0.2, 0.25) is 12.2 Å². The number of rotatable bonds is 8. The summed E-state index contributed by atoms with van der Waals surface area (Å²) in [4.78, 5) is 50.2. The maximum Gasteiger partial charge on any atom is 0.349 e. The van der Waals surface area contributed by atoms with Crippen LogP contribution in [-0.2, 0) is 19.1 Å². The smallest absolute Gasteiger partial charge is 0.349 e. The number of carbonyl (C=O) groups is 4. The number of carbonyl (C=O) groups excluding carboxylic acids is 3. The molecule has 0 fully saturated rings. The minimum absolute atomic E-state index is 0.0445. The number of ether oxygens (including phenoxy) is 2. The lowest BCUT2D eigenvalue weighted by atomic mass is 10.1. The van der Waals surface area contributed by atoms with Gasteiger partial charge in [0, 0.05) is 5.02 Å². The molecule has 2 N–H and O–H groups in total. The zero-order chi connectivity index (χ0) is 24.7. The van der Waals surface area contributed by atoms with Gasteiger partial charge in [-0.1, -0.05) is 59.6 Å². The molecule has 3 aromatic rings. The standard InChI is InChI=1S/C24H17Cl2NO7/c25-16-11-12-18(17(26)13-16)27-21(28)19(33-23(31)14-7-3-1-4-8-14)20(22(29)30)34-24(32)15-9-5-2-6-10-15/h1-13,19-20H,(H,27,28)(H,29,30)/t19-,20-/m1/s1. The maximum atomic E-state index is 13.0. The normalized spacial score (nSPS) is 12.2. The quantitative estimate of drug-likeness (QED) is 0.437. The first-order valence-corrected chi connectivity index (χ1v) is 10.5. The Morgan fingerprint density at radius 1 is 0.735 bits per heavy atom. The number of esters is 2. The molecule has 34 heavy (non-hydrogen) atoms. The molecule has 174 valence electrons. The van der Waals surface area contributed by atoms with Gasteiger partial charge in [0.25, 0.3) is 5.91 Å². The lowest BCUT2D eigenvalue weighted by Crippen LogP contribution is -2.48. The Labute approximate surface area is 204 Å². The van der Waals surface area contributed by atoms with Gasteiger partial charge < -0.3 is 19.9 Å². The van der Waals surface area contributed by atoms with Crippen LogP contribution in [0.5, 0.6) is 0 Å². The summed E-state index contributed by atoms with van der Waals surface area (Å²) in [5.41, 5.74) is 0.182. The van der Waals surface area contributed by atoms with Crippen LogP contribution in [0, 0.1) is 0 Å². The van der Waals surface area contributed by atoms with Crippen LogP contribution in [0.15, 0.2) is 78.9 Å². The molecule has 0 saturated carbocycles. The Morgan fingerprint density at radius 3 is 1.71 bits per heavy atom. The average Bonchev–Trinajstić information content (AvgIpc) is 2.83. The van der Waals surface area contributed by atoms with Crippen LogP contribution in [0.1, 0.15) is 20.7 Å². The number of nitrogens with one attached hydrogen (secondary N) is 1. The highest BCUT2D eigenvalue weighted by Crippen LogP contribution is 2.26. The summed E-state index contributed by atoms with van der Waals surface area (Å²) in [5, 5.41) is 12.5. The third-order valence-corrected chi connectivity index (χ3v) is 5.00. The average molecular weight is 502 g/mol. The number of amides is 1. The lowest BCUT2D eigenvalue weighted by Gasteiger charge is -2.23. The molecule has 0 saturated heterocycles. The minimum atomic E-state index is -2.16. The van der Waals surface area contributed by atoms with Crippen LogP contribution in [0.25, 0.3) is 0 Å². The van der Waals surface area contributed by atoms with Gasteiger partial charge in [0.05, 0.1) is 21.8 Å². The van der Waals surface area contributed by atoms with Crippen molar-refractivity contribution < 1.29 is 33.8 Å². The van der Waals surface area contributed by atoms with Gasteiger partial charge in [0.15, 0.2) is 0 Å². The van der Waals surface area contributed by atoms with E-state index in [1.165, 1.54) is 42.5 Å². The highest BCUT2D eigenvalue weighted by molar-refractivity contribution is 6.36. The molecule has 1 amide bonds. The molecule has 0 aromatic heterocycles. The molecule has 0 heterocycles. The third kappa shape index (κ3) is 6.34. The number of halogens is 2. The molecule has 0 bridgehead atoms. The van der Waals surface area contributed by atoms with Gasteiger partial charge in [-0.2, -0.15) is 0 Å². The van der Waals surface area contributed by atoms with Crippen molar-refractivity contribution in [1.82, 2.24) is 0 Å². The summed E-state index contributed by atoms with van der Waals surface area (Å²) in [5.74, 6) is -4.80. The molecule has 3 aromatic carbocycles. The summed E-state index contributed by atoms with van der Waals surface area (Å²) in [6.45, 7) is 0. The van der Waals surface area contributed by atoms with Crippen molar-refractivity contribution in [3.63, 3.8) is 0 Å². The zero-order valence-corrected chi connectivity index (χ0v) is 18.8. The van der Waals surface area contributed by atoms with E-state index in [9.17, 15) is 24.3 Å². The maximum absolute atomic E-state index is 13.0. The molecule has 2 atom stereocenters. The Bertz CT molecular complexity index is 1200. The van der Waals surface area contributed by atoms with Gasteiger partial charge >= 0.3 is 17.9 Å². The van der Waals surface area contributed by atoms with Gasteiger partial charge in [-0.3, -0.25) is 4.79 Å². The highest BCUT2D eigenvalue weighted by Gasteiger charge is 2.41. The van der Waals surface area contributed by atoms with Crippen molar-refractivity contribution in [3.8, 4) is 0 Å². The van der Waals surface area contributed by atoms with Crippen LogP contribution in [0.3, 0.4) is 0 Å². The first-order valence-electron chi connectivity index (χ1n) is 9.77. The van der Waals surface area contributed by atoms with Gasteiger partial charge in [-0.05, 0) is 42.5 Å². The number of carboxylic acids is 1. The second kappa shape index (κ2) is 11.3. The van der Waals surface area contributed by atoms with E-state index in [2.05, 4.69) is 5.32 Å². The van der Waals surface area contributed by atoms with Crippen molar-refractivity contribution in [2.75, 3.05) is 5.32 Å². The van der Waals surface area contributed by atoms with Gasteiger partial charge in [-0.25, -0.2) is 14.4 Å². The van der Waals surface area contributed by atoms with Crippen molar-refractivity contribution in [3.05, 3.63) is 100 Å². The van der Waals surface area contributed by atoms with Gasteiger partial charge in [0.1, 0.15) is 0 Å². The minimum Gasteiger partial charge on any atom is -0.478 e. The molecular formula is C24H17Cl2NO7. The molecular weight excluding hydrogens is 485 g/mol. The Balaban J connectivity index is 1.92. The van der Waals surface area contributed by atoms with E-state index in [0.717, 1.165) is 0 Å². The van der Waals surface area contributed by atoms with E-state index in [1.807, 2.05) is 0 Å². The topological polar surface area (TPSA) is 119 Å². The van der Waals surface area contributed by atoms with Crippen molar-refractivity contribution in [2.45, 2.75) is 12.2 Å². The first kappa shape index (κ1) is 24.8. The Morgan fingerprint density at radius 2 is 1.24 bits per heavy atom. The number of hydrogen-bond acceptors (Lipinski definition) is 6. The molecule has 3 rings (SSSR count). The van der Waals surface area contributed by atoms with E-state index in [4.69, 9.17) is 32.7 Å². The number of aliphatic carboxylic acids is 1. The summed E-state index contributed by atoms with van der Waals surface area (Å²) in [7, 11) is 0. The fourth-order valence-corrected chi connectivity index (χ4v) is 3.26. The second-order valence-corrected chi connectivity index (χ2v) is 7.68. The van der Waals surface area contributed by atoms with Crippen molar-refractivity contribution in [1.29, 1.82) is 0 Å². The first-order chi connectivity index (χ1) is 16.3. The zero-order valence-electron chi connectivity index (χ0n) is 17.3. The van der Waals surface area contributed by atoms with E-state index in [1.54, 1.807) is 36.4 Å². The summed E-state index contributed by atoms with van der Waals surface area (Å²) < 4.78 is 10.3. The molecule has 0 radical (unpaired) electrons. The van der Waals surface area contributed by atoms with Crippen LogP contribution in [0.4, 0.5) is 5.69 Å². The number of hydrogen-bond donors (Lipinski definition) is 2. The van der Waals surface area contributed by atoms with Crippen molar-refractivity contribution >= 4 is 52.7 Å². The van der Waals surface area contributed by atoms with Crippen LogP contribution < -0.4 is 5.32 Å². The number of anilines is 1. The fraction of sp³-hybridized carbons (Fsp3) is 0.0833. The van der Waals surface area contributed by atoms with Crippen molar-refractivity contribution in [2.24, 2.45) is 0 Å². The summed E-state index contributed by atoms with van der Waals surface area (Å²) in [6, 6.07) is 19.3. The number of carboxylic acid groups (broad SMARTS) is 1. The van der Waals surface area contributed by atoms with E-state index < -0.39 is 36.0 Å². The van der Waals surface area contributed by atoms with E-state index in [-0.39, 0.29) is 21.8 Å². The van der Waals surface area contributed by atoms with E-state index in [0.29, 0.717) is 5.02 Å². The van der Waals surface area contributed by atoms with Gasteiger partial charge in [-0.15, -0.1) is 0 Å². The molecule has 0 aliphatic carbocycles. The molecule has 10 heteroatoms. The second-order valence-electron chi connectivity index (χ2n) is 6.84. The largest absolute Gasteiger partial charge is 0.478 e. The summed E-state index contributed by atoms with van der Waals surface area (Å²) in [6.07, 6.45) is -4.21. The fourth-order valence-electron chi connectivity index (χ4n) is 2.80. The number of benzene rings is 3. The molecule has 0 spiro atoms. The molecule has 8 nitrogen and oxygen atoms in total. The lowest BCUT2D eigenvalue weighted by molar-refractivity contribution is -0.157. The Kier molecular flexibility index (Phi) is 8.24. The monoisotopic (exact) mass is 501 g/mol. The third-order valence-electron chi connectivity index (χ3n) is 4.45. The summed E-state index contributed by atoms with van der Waals surface area (Å²) >= 11 is 11.9. The van der Waals surface area contributed by atoms with E-state index >= 15 is 0 Å².